The summed E-state index contributed by atoms with van der Waals surface area (Å²) in [7, 11) is 0. The molecule has 4 N–H and O–H groups in total. The Balaban J connectivity index is 1.83. The number of aromatic nitrogens is 3. The van der Waals surface area contributed by atoms with Crippen LogP contribution >= 0.6 is 0 Å². The first kappa shape index (κ1) is 14.3. The number of hydrogen-bond acceptors (Lipinski definition) is 5. The Hall–Kier alpha value is -2.12. The number of rotatable bonds is 3. The number of piperidine rings is 1. The third-order valence-electron chi connectivity index (χ3n) is 3.35. The van der Waals surface area contributed by atoms with Gasteiger partial charge in [-0.1, -0.05) is 13.8 Å². The lowest BCUT2D eigenvalue weighted by Gasteiger charge is -2.33. The van der Waals surface area contributed by atoms with E-state index in [4.69, 9.17) is 5.73 Å². The highest BCUT2D eigenvalue weighted by atomic mass is 16.2. The quantitative estimate of drug-likeness (QED) is 0.706. The molecule has 0 atom stereocenters. The number of carbonyl (C=O) groups is 2. The Kier molecular flexibility index (Phi) is 4.21. The average molecular weight is 280 g/mol. The fourth-order valence-corrected chi connectivity index (χ4v) is 2.24. The second kappa shape index (κ2) is 5.89. The van der Waals surface area contributed by atoms with Gasteiger partial charge in [0.05, 0.1) is 0 Å². The van der Waals surface area contributed by atoms with Gasteiger partial charge in [0.15, 0.2) is 0 Å². The van der Waals surface area contributed by atoms with Gasteiger partial charge in [-0.05, 0) is 12.8 Å². The molecule has 0 spiro atoms. The molecule has 1 saturated heterocycles. The van der Waals surface area contributed by atoms with Gasteiger partial charge in [-0.3, -0.25) is 14.7 Å². The molecule has 110 valence electrons. The molecule has 0 saturated carbocycles. The van der Waals surface area contributed by atoms with Crippen LogP contribution in [0.2, 0.25) is 0 Å². The molecule has 0 radical (unpaired) electrons. The van der Waals surface area contributed by atoms with E-state index in [2.05, 4.69) is 20.5 Å². The highest BCUT2D eigenvalue weighted by Crippen LogP contribution is 2.13. The van der Waals surface area contributed by atoms with Crippen LogP contribution < -0.4 is 11.1 Å². The molecule has 0 aliphatic carbocycles. The molecule has 0 aromatic carbocycles. The topological polar surface area (TPSA) is 117 Å². The number of hydrogen-bond donors (Lipinski definition) is 3. The summed E-state index contributed by atoms with van der Waals surface area (Å²) in [6, 6.07) is 0.0463. The maximum absolute atomic E-state index is 11.9. The highest BCUT2D eigenvalue weighted by molar-refractivity contribution is 5.90. The van der Waals surface area contributed by atoms with Crippen LogP contribution in [0.5, 0.6) is 0 Å². The summed E-state index contributed by atoms with van der Waals surface area (Å²) in [4.78, 5) is 29.3. The fourth-order valence-electron chi connectivity index (χ4n) is 2.24. The van der Waals surface area contributed by atoms with E-state index >= 15 is 0 Å². The van der Waals surface area contributed by atoms with Gasteiger partial charge in [0.1, 0.15) is 0 Å². The van der Waals surface area contributed by atoms with Gasteiger partial charge in [0.25, 0.3) is 5.91 Å². The van der Waals surface area contributed by atoms with E-state index in [0.29, 0.717) is 13.1 Å². The first-order chi connectivity index (χ1) is 9.47. The van der Waals surface area contributed by atoms with Crippen LogP contribution in [0.3, 0.4) is 0 Å². The average Bonchev–Trinajstić information content (AvgIpc) is 2.85. The molecule has 1 aromatic rings. The predicted molar refractivity (Wildman–Crippen MR) is 72.7 cm³/mol. The molecule has 1 aliphatic rings. The number of aromatic amines is 1. The number of carbonyl (C=O) groups excluding carboxylic acids is 2. The number of nitrogens with one attached hydrogen (secondary N) is 2. The lowest BCUT2D eigenvalue weighted by Crippen LogP contribution is -2.47. The minimum Gasteiger partial charge on any atom is -0.366 e. The summed E-state index contributed by atoms with van der Waals surface area (Å²) in [6.45, 7) is 5.12. The Morgan fingerprint density at radius 2 is 2.05 bits per heavy atom. The molecule has 0 bridgehead atoms. The molecule has 8 nitrogen and oxygen atoms in total. The lowest BCUT2D eigenvalue weighted by atomic mass is 10.0. The van der Waals surface area contributed by atoms with E-state index < -0.39 is 0 Å². The molecule has 2 rings (SSSR count). The number of nitrogen functional groups attached to an aromatic ring is 1. The van der Waals surface area contributed by atoms with Crippen molar-refractivity contribution < 1.29 is 9.59 Å². The molecule has 8 heteroatoms. The Morgan fingerprint density at radius 1 is 1.40 bits per heavy atom. The molecule has 1 aliphatic heterocycles. The van der Waals surface area contributed by atoms with Crippen LogP contribution in [0.15, 0.2) is 0 Å². The molecule has 1 fully saturated rings. The first-order valence-electron chi connectivity index (χ1n) is 6.75. The second-order valence-electron chi connectivity index (χ2n) is 5.27. The lowest BCUT2D eigenvalue weighted by molar-refractivity contribution is -0.135. The van der Waals surface area contributed by atoms with Gasteiger partial charge in [-0.2, -0.15) is 4.98 Å². The van der Waals surface area contributed by atoms with Crippen molar-refractivity contribution in [1.82, 2.24) is 25.4 Å². The van der Waals surface area contributed by atoms with E-state index in [1.54, 1.807) is 0 Å². The predicted octanol–water partition coefficient (Wildman–Crippen LogP) is -0.236. The van der Waals surface area contributed by atoms with Crippen molar-refractivity contribution in [1.29, 1.82) is 0 Å². The minimum absolute atomic E-state index is 0.0123. The summed E-state index contributed by atoms with van der Waals surface area (Å²) in [5.41, 5.74) is 5.35. The van der Waals surface area contributed by atoms with Gasteiger partial charge in [0.2, 0.25) is 17.7 Å². The van der Waals surface area contributed by atoms with Gasteiger partial charge in [0, 0.05) is 25.0 Å². The van der Waals surface area contributed by atoms with Crippen molar-refractivity contribution in [3.63, 3.8) is 0 Å². The van der Waals surface area contributed by atoms with Crippen LogP contribution in [0, 0.1) is 5.92 Å². The third kappa shape index (κ3) is 3.25. The first-order valence-corrected chi connectivity index (χ1v) is 6.75. The van der Waals surface area contributed by atoms with Crippen LogP contribution in [0.25, 0.3) is 0 Å². The number of nitrogens with zero attached hydrogens (tertiary/aromatic N) is 3. The van der Waals surface area contributed by atoms with Crippen molar-refractivity contribution in [2.45, 2.75) is 32.7 Å². The van der Waals surface area contributed by atoms with Crippen LogP contribution in [0.4, 0.5) is 5.95 Å². The molecular weight excluding hydrogens is 260 g/mol. The zero-order valence-corrected chi connectivity index (χ0v) is 11.7. The van der Waals surface area contributed by atoms with E-state index in [1.165, 1.54) is 0 Å². The van der Waals surface area contributed by atoms with Crippen LogP contribution in [-0.2, 0) is 4.79 Å². The normalized spacial score (nSPS) is 16.4. The molecule has 0 unspecified atom stereocenters. The molecule has 1 aromatic heterocycles. The van der Waals surface area contributed by atoms with Gasteiger partial charge < -0.3 is 16.0 Å². The number of H-pyrrole nitrogens is 1. The monoisotopic (exact) mass is 280 g/mol. The maximum Gasteiger partial charge on any atom is 0.288 e. The van der Waals surface area contributed by atoms with E-state index in [0.717, 1.165) is 12.8 Å². The fraction of sp³-hybridized carbons (Fsp3) is 0.667. The number of likely N-dealkylation sites (tertiary alicyclic amines) is 1. The van der Waals surface area contributed by atoms with Crippen LogP contribution in [0.1, 0.15) is 37.3 Å². The molecule has 20 heavy (non-hydrogen) atoms. The van der Waals surface area contributed by atoms with Crippen molar-refractivity contribution in [3.05, 3.63) is 5.82 Å². The molecular formula is C12H20N6O2. The van der Waals surface area contributed by atoms with Crippen molar-refractivity contribution >= 4 is 17.8 Å². The Labute approximate surface area is 117 Å². The Bertz CT molecular complexity index is 490. The molecule has 2 heterocycles. The van der Waals surface area contributed by atoms with Crippen molar-refractivity contribution in [3.8, 4) is 0 Å². The summed E-state index contributed by atoms with van der Waals surface area (Å²) < 4.78 is 0. The Morgan fingerprint density at radius 3 is 2.55 bits per heavy atom. The summed E-state index contributed by atoms with van der Waals surface area (Å²) >= 11 is 0. The number of anilines is 1. The largest absolute Gasteiger partial charge is 0.366 e. The van der Waals surface area contributed by atoms with Crippen molar-refractivity contribution in [2.75, 3.05) is 18.8 Å². The minimum atomic E-state index is -0.317. The summed E-state index contributed by atoms with van der Waals surface area (Å²) in [5.74, 6) is 0.0228. The van der Waals surface area contributed by atoms with E-state index in [1.807, 2.05) is 18.7 Å². The van der Waals surface area contributed by atoms with Gasteiger partial charge >= 0.3 is 0 Å². The zero-order chi connectivity index (χ0) is 14.7. The third-order valence-corrected chi connectivity index (χ3v) is 3.35. The molecule has 2 amide bonds. The second-order valence-corrected chi connectivity index (χ2v) is 5.27. The van der Waals surface area contributed by atoms with Gasteiger partial charge in [-0.15, -0.1) is 5.10 Å². The smallest absolute Gasteiger partial charge is 0.288 e. The van der Waals surface area contributed by atoms with Crippen LogP contribution in [-0.4, -0.2) is 51.0 Å². The summed E-state index contributed by atoms with van der Waals surface area (Å²) in [5, 5.41) is 8.96. The SMILES string of the molecule is CC(C)C(=O)N1CCC(NC(=O)c2nc(N)n[nH]2)CC1. The number of amides is 2. The van der Waals surface area contributed by atoms with Gasteiger partial charge in [-0.25, -0.2) is 0 Å². The number of nitrogens with two attached hydrogens (primary N) is 1. The maximum atomic E-state index is 11.9. The van der Waals surface area contributed by atoms with E-state index in [-0.39, 0.29) is 35.5 Å². The highest BCUT2D eigenvalue weighted by Gasteiger charge is 2.25. The van der Waals surface area contributed by atoms with E-state index in [9.17, 15) is 9.59 Å². The zero-order valence-electron chi connectivity index (χ0n) is 11.7. The standard InChI is InChI=1S/C12H20N6O2/c1-7(2)11(20)18-5-3-8(4-6-18)14-10(19)9-15-12(13)17-16-9/h7-8H,3-6H2,1-2H3,(H,14,19)(H3,13,15,16,17). The summed E-state index contributed by atoms with van der Waals surface area (Å²) in [6.07, 6.45) is 1.49. The van der Waals surface area contributed by atoms with Crippen molar-refractivity contribution in [2.24, 2.45) is 5.92 Å².